The molecule has 1 aromatic carbocycles. The molecular weight excluding hydrogens is 245 g/mol. The van der Waals surface area contributed by atoms with Gasteiger partial charge >= 0.3 is 0 Å². The van der Waals surface area contributed by atoms with Gasteiger partial charge < -0.3 is 5.32 Å². The molecule has 0 amide bonds. The minimum atomic E-state index is -0.138. The van der Waals surface area contributed by atoms with Crippen molar-refractivity contribution in [2.75, 3.05) is 7.05 Å². The molecule has 0 spiro atoms. The normalized spacial score (nSPS) is 12.9. The van der Waals surface area contributed by atoms with Crippen LogP contribution in [-0.4, -0.2) is 7.05 Å². The summed E-state index contributed by atoms with van der Waals surface area (Å²) in [5.41, 5.74) is 0.740. The van der Waals surface area contributed by atoms with Crippen LogP contribution in [0.15, 0.2) is 22.7 Å². The van der Waals surface area contributed by atoms with Gasteiger partial charge in [-0.3, -0.25) is 0 Å². The standard InChI is InChI=1S/C11H15BrFN/c1-3-4-11(14-2)9-7-8(12)5-6-10(9)13/h5-7,11,14H,3-4H2,1-2H3. The van der Waals surface area contributed by atoms with Crippen LogP contribution in [0, 0.1) is 5.82 Å². The highest BCUT2D eigenvalue weighted by molar-refractivity contribution is 9.10. The second-order valence-corrected chi connectivity index (χ2v) is 4.21. The van der Waals surface area contributed by atoms with E-state index in [1.54, 1.807) is 6.07 Å². The molecule has 1 atom stereocenters. The Morgan fingerprint density at radius 2 is 2.21 bits per heavy atom. The molecule has 0 aromatic heterocycles. The van der Waals surface area contributed by atoms with Crippen molar-refractivity contribution in [1.29, 1.82) is 0 Å². The Bertz CT molecular complexity index is 301. The van der Waals surface area contributed by atoms with Crippen LogP contribution in [0.4, 0.5) is 4.39 Å². The zero-order chi connectivity index (χ0) is 10.6. The van der Waals surface area contributed by atoms with Crippen molar-refractivity contribution in [2.45, 2.75) is 25.8 Å². The van der Waals surface area contributed by atoms with Gasteiger partial charge in [0.05, 0.1) is 0 Å². The van der Waals surface area contributed by atoms with Crippen molar-refractivity contribution in [2.24, 2.45) is 0 Å². The van der Waals surface area contributed by atoms with Crippen LogP contribution in [0.5, 0.6) is 0 Å². The van der Waals surface area contributed by atoms with E-state index in [2.05, 4.69) is 28.2 Å². The molecule has 3 heteroatoms. The Balaban J connectivity index is 2.96. The fourth-order valence-electron chi connectivity index (χ4n) is 1.53. The minimum Gasteiger partial charge on any atom is -0.313 e. The largest absolute Gasteiger partial charge is 0.313 e. The van der Waals surface area contributed by atoms with Crippen molar-refractivity contribution >= 4 is 15.9 Å². The van der Waals surface area contributed by atoms with E-state index in [1.165, 1.54) is 6.07 Å². The molecule has 0 aliphatic rings. The van der Waals surface area contributed by atoms with E-state index in [9.17, 15) is 4.39 Å². The first-order chi connectivity index (χ1) is 6.69. The Labute approximate surface area is 92.8 Å². The van der Waals surface area contributed by atoms with Crippen LogP contribution >= 0.6 is 15.9 Å². The molecule has 0 heterocycles. The molecule has 0 fully saturated rings. The summed E-state index contributed by atoms with van der Waals surface area (Å²) in [4.78, 5) is 0. The molecule has 0 aliphatic carbocycles. The first kappa shape index (κ1) is 11.7. The van der Waals surface area contributed by atoms with Crippen molar-refractivity contribution < 1.29 is 4.39 Å². The smallest absolute Gasteiger partial charge is 0.128 e. The molecule has 1 nitrogen and oxygen atoms in total. The summed E-state index contributed by atoms with van der Waals surface area (Å²) in [6.07, 6.45) is 1.99. The van der Waals surface area contributed by atoms with Gasteiger partial charge in [-0.05, 0) is 31.7 Å². The lowest BCUT2D eigenvalue weighted by Gasteiger charge is -2.16. The molecule has 14 heavy (non-hydrogen) atoms. The molecular formula is C11H15BrFN. The van der Waals surface area contributed by atoms with Gasteiger partial charge in [-0.2, -0.15) is 0 Å². The number of halogens is 2. The molecule has 0 bridgehead atoms. The molecule has 1 rings (SSSR count). The molecule has 78 valence electrons. The lowest BCUT2D eigenvalue weighted by atomic mass is 10.0. The number of benzene rings is 1. The van der Waals surface area contributed by atoms with Crippen LogP contribution < -0.4 is 5.32 Å². The van der Waals surface area contributed by atoms with Crippen LogP contribution in [0.1, 0.15) is 31.4 Å². The van der Waals surface area contributed by atoms with E-state index in [-0.39, 0.29) is 11.9 Å². The van der Waals surface area contributed by atoms with Gasteiger partial charge in [0.2, 0.25) is 0 Å². The average molecular weight is 260 g/mol. The first-order valence-corrected chi connectivity index (χ1v) is 5.60. The topological polar surface area (TPSA) is 12.0 Å². The third kappa shape index (κ3) is 2.79. The zero-order valence-electron chi connectivity index (χ0n) is 8.48. The molecule has 1 unspecified atom stereocenters. The summed E-state index contributed by atoms with van der Waals surface area (Å²) in [5.74, 6) is -0.138. The van der Waals surface area contributed by atoms with E-state index < -0.39 is 0 Å². The Hall–Kier alpha value is -0.410. The summed E-state index contributed by atoms with van der Waals surface area (Å²) in [7, 11) is 1.86. The summed E-state index contributed by atoms with van der Waals surface area (Å²) >= 11 is 3.35. The van der Waals surface area contributed by atoms with Gasteiger partial charge in [0.25, 0.3) is 0 Å². The average Bonchev–Trinajstić information content (AvgIpc) is 2.18. The lowest BCUT2D eigenvalue weighted by Crippen LogP contribution is -2.17. The van der Waals surface area contributed by atoms with Crippen LogP contribution in [0.25, 0.3) is 0 Å². The van der Waals surface area contributed by atoms with Gasteiger partial charge in [0.15, 0.2) is 0 Å². The van der Waals surface area contributed by atoms with E-state index in [0.29, 0.717) is 0 Å². The molecule has 0 saturated heterocycles. The molecule has 1 N–H and O–H groups in total. The van der Waals surface area contributed by atoms with Crippen LogP contribution in [-0.2, 0) is 0 Å². The van der Waals surface area contributed by atoms with Crippen molar-refractivity contribution in [3.05, 3.63) is 34.1 Å². The first-order valence-electron chi connectivity index (χ1n) is 4.81. The highest BCUT2D eigenvalue weighted by Gasteiger charge is 2.12. The fourth-order valence-corrected chi connectivity index (χ4v) is 1.90. The summed E-state index contributed by atoms with van der Waals surface area (Å²) in [6.45, 7) is 2.10. The van der Waals surface area contributed by atoms with E-state index >= 15 is 0 Å². The molecule has 1 aromatic rings. The number of hydrogen-bond donors (Lipinski definition) is 1. The summed E-state index contributed by atoms with van der Waals surface area (Å²) in [6, 6.07) is 5.17. The molecule has 0 radical (unpaired) electrons. The highest BCUT2D eigenvalue weighted by Crippen LogP contribution is 2.24. The third-order valence-corrected chi connectivity index (χ3v) is 2.75. The maximum atomic E-state index is 13.5. The van der Waals surface area contributed by atoms with Crippen molar-refractivity contribution in [3.8, 4) is 0 Å². The SMILES string of the molecule is CCCC(NC)c1cc(Br)ccc1F. The van der Waals surface area contributed by atoms with Crippen molar-refractivity contribution in [3.63, 3.8) is 0 Å². The second kappa shape index (κ2) is 5.47. The summed E-state index contributed by atoms with van der Waals surface area (Å²) < 4.78 is 14.4. The van der Waals surface area contributed by atoms with Crippen molar-refractivity contribution in [1.82, 2.24) is 5.32 Å². The van der Waals surface area contributed by atoms with Gasteiger partial charge in [0.1, 0.15) is 5.82 Å². The number of hydrogen-bond acceptors (Lipinski definition) is 1. The number of rotatable bonds is 4. The number of nitrogens with one attached hydrogen (secondary N) is 1. The Morgan fingerprint density at radius 3 is 2.79 bits per heavy atom. The van der Waals surface area contributed by atoms with Gasteiger partial charge in [0, 0.05) is 16.1 Å². The Kier molecular flexibility index (Phi) is 4.55. The van der Waals surface area contributed by atoms with Gasteiger partial charge in [-0.25, -0.2) is 4.39 Å². The Morgan fingerprint density at radius 1 is 1.50 bits per heavy atom. The monoisotopic (exact) mass is 259 g/mol. The van der Waals surface area contributed by atoms with Crippen LogP contribution in [0.3, 0.4) is 0 Å². The maximum absolute atomic E-state index is 13.5. The zero-order valence-corrected chi connectivity index (χ0v) is 10.1. The van der Waals surface area contributed by atoms with Gasteiger partial charge in [-0.15, -0.1) is 0 Å². The summed E-state index contributed by atoms with van der Waals surface area (Å²) in [5, 5.41) is 3.13. The quantitative estimate of drug-likeness (QED) is 0.871. The third-order valence-electron chi connectivity index (χ3n) is 2.26. The van der Waals surface area contributed by atoms with E-state index in [0.717, 1.165) is 22.9 Å². The second-order valence-electron chi connectivity index (χ2n) is 3.30. The predicted octanol–water partition coefficient (Wildman–Crippen LogP) is 3.65. The van der Waals surface area contributed by atoms with E-state index in [4.69, 9.17) is 0 Å². The van der Waals surface area contributed by atoms with E-state index in [1.807, 2.05) is 13.1 Å². The fraction of sp³-hybridized carbons (Fsp3) is 0.455. The molecule has 0 aliphatic heterocycles. The van der Waals surface area contributed by atoms with Gasteiger partial charge in [-0.1, -0.05) is 29.3 Å². The highest BCUT2D eigenvalue weighted by atomic mass is 79.9. The predicted molar refractivity (Wildman–Crippen MR) is 60.8 cm³/mol. The lowest BCUT2D eigenvalue weighted by molar-refractivity contribution is 0.503. The maximum Gasteiger partial charge on any atom is 0.128 e. The molecule has 0 saturated carbocycles. The van der Waals surface area contributed by atoms with Crippen LogP contribution in [0.2, 0.25) is 0 Å². The minimum absolute atomic E-state index is 0.109.